The van der Waals surface area contributed by atoms with Crippen molar-refractivity contribution in [2.75, 3.05) is 0 Å². The summed E-state index contributed by atoms with van der Waals surface area (Å²) in [6.07, 6.45) is -4.85. The van der Waals surface area contributed by atoms with Gasteiger partial charge in [-0.15, -0.1) is 0 Å². The smallest absolute Gasteiger partial charge is 0.337 e. The first-order valence-corrected chi connectivity index (χ1v) is 10.4. The molecule has 4 amide bonds. The first-order chi connectivity index (χ1) is 16.0. The summed E-state index contributed by atoms with van der Waals surface area (Å²) < 4.78 is 56.1. The van der Waals surface area contributed by atoms with E-state index in [2.05, 4.69) is 5.32 Å². The maximum atomic E-state index is 15.2. The molecule has 7 nitrogen and oxygen atoms in total. The zero-order valence-corrected chi connectivity index (χ0v) is 18.0. The van der Waals surface area contributed by atoms with Crippen LogP contribution in [0.5, 0.6) is 0 Å². The van der Waals surface area contributed by atoms with Crippen LogP contribution in [0.25, 0.3) is 0 Å². The number of imide groups is 1. The van der Waals surface area contributed by atoms with E-state index < -0.39 is 53.3 Å². The molecule has 2 aromatic rings. The summed E-state index contributed by atoms with van der Waals surface area (Å²) in [6, 6.07) is 3.40. The van der Waals surface area contributed by atoms with Gasteiger partial charge in [-0.3, -0.25) is 24.5 Å². The molecule has 0 bridgehead atoms. The van der Waals surface area contributed by atoms with Crippen LogP contribution in [-0.4, -0.2) is 40.7 Å². The highest BCUT2D eigenvalue weighted by Crippen LogP contribution is 2.35. The SMILES string of the molecule is O=C1CCC(N2Cc3c(ccc(C(=O)NC(c4cccc(Cl)c4)C(F)(F)F)c3F)C2=O)C(=O)N1. The predicted octanol–water partition coefficient (Wildman–Crippen LogP) is 3.27. The third-order valence-corrected chi connectivity index (χ3v) is 5.91. The maximum Gasteiger partial charge on any atom is 0.412 e. The molecule has 0 spiro atoms. The minimum absolute atomic E-state index is 0.00496. The van der Waals surface area contributed by atoms with E-state index in [1.54, 1.807) is 5.32 Å². The quantitative estimate of drug-likeness (QED) is 0.500. The van der Waals surface area contributed by atoms with Gasteiger partial charge in [0, 0.05) is 22.6 Å². The van der Waals surface area contributed by atoms with Gasteiger partial charge in [0.25, 0.3) is 11.8 Å². The summed E-state index contributed by atoms with van der Waals surface area (Å²) in [5, 5.41) is 3.92. The number of piperidine rings is 1. The van der Waals surface area contributed by atoms with Gasteiger partial charge in [-0.1, -0.05) is 23.7 Å². The Kier molecular flexibility index (Phi) is 6.07. The molecule has 0 aromatic heterocycles. The number of hydrogen-bond acceptors (Lipinski definition) is 4. The van der Waals surface area contributed by atoms with Gasteiger partial charge < -0.3 is 10.2 Å². The van der Waals surface area contributed by atoms with E-state index in [9.17, 15) is 32.3 Å². The number of fused-ring (bicyclic) bond motifs is 1. The first kappa shape index (κ1) is 23.7. The van der Waals surface area contributed by atoms with E-state index >= 15 is 4.39 Å². The fourth-order valence-corrected chi connectivity index (χ4v) is 4.23. The Morgan fingerprint density at radius 3 is 2.56 bits per heavy atom. The second kappa shape index (κ2) is 8.71. The minimum atomic E-state index is -4.90. The normalized spacial score (nSPS) is 19.0. The van der Waals surface area contributed by atoms with Crippen LogP contribution in [0.15, 0.2) is 36.4 Å². The number of carbonyl (C=O) groups excluding carboxylic acids is 4. The molecule has 0 saturated carbocycles. The van der Waals surface area contributed by atoms with Gasteiger partial charge in [0.05, 0.1) is 12.1 Å². The van der Waals surface area contributed by atoms with Gasteiger partial charge >= 0.3 is 6.18 Å². The predicted molar refractivity (Wildman–Crippen MR) is 110 cm³/mol. The second-order valence-corrected chi connectivity index (χ2v) is 8.29. The molecule has 34 heavy (non-hydrogen) atoms. The molecule has 4 rings (SSSR count). The molecule has 1 saturated heterocycles. The summed E-state index contributed by atoms with van der Waals surface area (Å²) in [7, 11) is 0. The Bertz CT molecular complexity index is 1220. The lowest BCUT2D eigenvalue weighted by molar-refractivity contribution is -0.155. The molecule has 178 valence electrons. The zero-order valence-electron chi connectivity index (χ0n) is 17.2. The Balaban J connectivity index is 1.60. The monoisotopic (exact) mass is 497 g/mol. The molecule has 2 atom stereocenters. The molecule has 0 aliphatic carbocycles. The van der Waals surface area contributed by atoms with E-state index in [0.29, 0.717) is 0 Å². The average molecular weight is 498 g/mol. The third-order valence-electron chi connectivity index (χ3n) is 5.68. The van der Waals surface area contributed by atoms with Gasteiger partial charge in [0.15, 0.2) is 6.04 Å². The van der Waals surface area contributed by atoms with Crippen LogP contribution in [0.4, 0.5) is 17.6 Å². The highest BCUT2D eigenvalue weighted by molar-refractivity contribution is 6.30. The van der Waals surface area contributed by atoms with Gasteiger partial charge in [-0.05, 0) is 36.2 Å². The first-order valence-electron chi connectivity index (χ1n) is 10.1. The van der Waals surface area contributed by atoms with Crippen LogP contribution < -0.4 is 10.6 Å². The van der Waals surface area contributed by atoms with E-state index in [1.807, 2.05) is 0 Å². The van der Waals surface area contributed by atoms with Crippen LogP contribution >= 0.6 is 11.6 Å². The molecule has 12 heteroatoms. The van der Waals surface area contributed by atoms with E-state index in [0.717, 1.165) is 29.2 Å². The lowest BCUT2D eigenvalue weighted by atomic mass is 10.0. The molecule has 2 unspecified atom stereocenters. The van der Waals surface area contributed by atoms with Crippen molar-refractivity contribution >= 4 is 35.2 Å². The molecule has 1 fully saturated rings. The number of benzene rings is 2. The molecule has 2 heterocycles. The lowest BCUT2D eigenvalue weighted by Crippen LogP contribution is -2.52. The highest BCUT2D eigenvalue weighted by atomic mass is 35.5. The summed E-state index contributed by atoms with van der Waals surface area (Å²) in [6.45, 7) is -0.371. The fraction of sp³-hybridized carbons (Fsp3) is 0.273. The van der Waals surface area contributed by atoms with Crippen molar-refractivity contribution in [3.05, 3.63) is 69.5 Å². The van der Waals surface area contributed by atoms with Crippen LogP contribution in [0.1, 0.15) is 50.7 Å². The van der Waals surface area contributed by atoms with Gasteiger partial charge in [-0.25, -0.2) is 4.39 Å². The summed E-state index contributed by atoms with van der Waals surface area (Å²) >= 11 is 5.77. The third kappa shape index (κ3) is 4.35. The van der Waals surface area contributed by atoms with E-state index in [1.165, 1.54) is 12.1 Å². The number of carbonyl (C=O) groups is 4. The second-order valence-electron chi connectivity index (χ2n) is 7.86. The summed E-state index contributed by atoms with van der Waals surface area (Å²) in [5.41, 5.74) is -1.35. The van der Waals surface area contributed by atoms with E-state index in [4.69, 9.17) is 11.6 Å². The Morgan fingerprint density at radius 2 is 1.91 bits per heavy atom. The van der Waals surface area contributed by atoms with Crippen molar-refractivity contribution in [2.45, 2.75) is 37.6 Å². The van der Waals surface area contributed by atoms with Crippen molar-refractivity contribution in [1.29, 1.82) is 0 Å². The molecular weight excluding hydrogens is 482 g/mol. The van der Waals surface area contributed by atoms with Crippen LogP contribution in [0.3, 0.4) is 0 Å². The van der Waals surface area contributed by atoms with E-state index in [-0.39, 0.29) is 41.1 Å². The largest absolute Gasteiger partial charge is 0.412 e. The number of hydrogen-bond donors (Lipinski definition) is 2. The number of nitrogens with one attached hydrogen (secondary N) is 2. The van der Waals surface area contributed by atoms with Crippen LogP contribution in [0.2, 0.25) is 5.02 Å². The van der Waals surface area contributed by atoms with Gasteiger partial charge in [-0.2, -0.15) is 13.2 Å². The maximum absolute atomic E-state index is 15.2. The number of alkyl halides is 3. The lowest BCUT2D eigenvalue weighted by Gasteiger charge is -2.29. The number of amides is 4. The average Bonchev–Trinajstić information content (AvgIpc) is 3.08. The number of nitrogens with zero attached hydrogens (tertiary/aromatic N) is 1. The fourth-order valence-electron chi connectivity index (χ4n) is 4.03. The Hall–Kier alpha value is -3.47. The van der Waals surface area contributed by atoms with Crippen molar-refractivity contribution < 1.29 is 36.7 Å². The Morgan fingerprint density at radius 1 is 1.18 bits per heavy atom. The van der Waals surface area contributed by atoms with Gasteiger partial charge in [0.2, 0.25) is 11.8 Å². The molecular formula is C22H16ClF4N3O4. The standard InChI is InChI=1S/C22H16ClF4N3O4/c23-11-3-1-2-10(8-11)18(22(25,26)27)29-19(32)13-5-4-12-14(17(13)24)9-30(21(12)34)15-6-7-16(31)28-20(15)33/h1-5,8,15,18H,6-7,9H2,(H,29,32)(H,28,31,33). The van der Waals surface area contributed by atoms with Gasteiger partial charge in [0.1, 0.15) is 11.9 Å². The van der Waals surface area contributed by atoms with Crippen LogP contribution in [-0.2, 0) is 16.1 Å². The molecule has 2 N–H and O–H groups in total. The topological polar surface area (TPSA) is 95.6 Å². The molecule has 2 aliphatic rings. The molecule has 2 aliphatic heterocycles. The van der Waals surface area contributed by atoms with Crippen molar-refractivity contribution in [3.63, 3.8) is 0 Å². The summed E-state index contributed by atoms with van der Waals surface area (Å²) in [4.78, 5) is 49.9. The number of rotatable bonds is 4. The minimum Gasteiger partial charge on any atom is -0.337 e. The molecule has 0 radical (unpaired) electrons. The molecule has 2 aromatic carbocycles. The Labute approximate surface area is 195 Å². The zero-order chi connectivity index (χ0) is 24.8. The highest BCUT2D eigenvalue weighted by Gasteiger charge is 2.44. The summed E-state index contributed by atoms with van der Waals surface area (Å²) in [5.74, 6) is -4.37. The van der Waals surface area contributed by atoms with Crippen LogP contribution in [0, 0.1) is 5.82 Å². The van der Waals surface area contributed by atoms with Crippen molar-refractivity contribution in [3.8, 4) is 0 Å². The number of halogens is 5. The van der Waals surface area contributed by atoms with Crippen molar-refractivity contribution in [1.82, 2.24) is 15.5 Å². The van der Waals surface area contributed by atoms with Crippen molar-refractivity contribution in [2.24, 2.45) is 0 Å².